The van der Waals surface area contributed by atoms with Crippen LogP contribution in [0.5, 0.6) is 0 Å². The smallest absolute Gasteiger partial charge is 0.337 e. The van der Waals surface area contributed by atoms with Crippen molar-refractivity contribution in [3.63, 3.8) is 0 Å². The van der Waals surface area contributed by atoms with Gasteiger partial charge in [-0.05, 0) is 40.2 Å². The molecule has 1 aliphatic heterocycles. The van der Waals surface area contributed by atoms with Gasteiger partial charge in [0.15, 0.2) is 0 Å². The lowest BCUT2D eigenvalue weighted by molar-refractivity contribution is -0.181. The predicted octanol–water partition coefficient (Wildman–Crippen LogP) is 2.93. The highest BCUT2D eigenvalue weighted by Gasteiger charge is 2.42. The molecule has 1 rings (SSSR count). The van der Waals surface area contributed by atoms with Gasteiger partial charge in [-0.2, -0.15) is 0 Å². The first-order chi connectivity index (χ1) is 6.78. The summed E-state index contributed by atoms with van der Waals surface area (Å²) in [5.74, 6) is -0.432. The van der Waals surface area contributed by atoms with E-state index in [1.807, 2.05) is 27.7 Å². The lowest BCUT2D eigenvalue weighted by Crippen LogP contribution is -2.30. The minimum absolute atomic E-state index is 0.295. The molecular formula is C12H18O3. The van der Waals surface area contributed by atoms with Crippen LogP contribution in [0.1, 0.15) is 41.5 Å². The topological polar surface area (TPSA) is 35.5 Å². The van der Waals surface area contributed by atoms with Crippen molar-refractivity contribution in [3.8, 4) is 0 Å². The fourth-order valence-electron chi connectivity index (χ4n) is 1.32. The van der Waals surface area contributed by atoms with Gasteiger partial charge >= 0.3 is 5.97 Å². The Morgan fingerprint density at radius 1 is 1.27 bits per heavy atom. The SMILES string of the molecule is CC(C)=C(C)OC1(C)OC(=O)C(C)=C1C. The molecule has 1 aliphatic rings. The average Bonchev–Trinajstić information content (AvgIpc) is 2.30. The summed E-state index contributed by atoms with van der Waals surface area (Å²) in [7, 11) is 0. The minimum atomic E-state index is -0.928. The van der Waals surface area contributed by atoms with E-state index in [0.29, 0.717) is 5.57 Å². The third-order valence-electron chi connectivity index (χ3n) is 2.89. The summed E-state index contributed by atoms with van der Waals surface area (Å²) in [5.41, 5.74) is 2.55. The highest BCUT2D eigenvalue weighted by atomic mass is 16.7. The van der Waals surface area contributed by atoms with Gasteiger partial charge in [0, 0.05) is 18.1 Å². The first kappa shape index (κ1) is 11.8. The van der Waals surface area contributed by atoms with Crippen molar-refractivity contribution in [1.29, 1.82) is 0 Å². The third kappa shape index (κ3) is 2.06. The van der Waals surface area contributed by atoms with Crippen LogP contribution in [0.15, 0.2) is 22.5 Å². The molecule has 15 heavy (non-hydrogen) atoms. The molecule has 0 fully saturated rings. The molecule has 3 heteroatoms. The monoisotopic (exact) mass is 210 g/mol. The molecule has 0 aromatic carbocycles. The van der Waals surface area contributed by atoms with Gasteiger partial charge < -0.3 is 9.47 Å². The van der Waals surface area contributed by atoms with E-state index in [-0.39, 0.29) is 5.97 Å². The van der Waals surface area contributed by atoms with Crippen LogP contribution >= 0.6 is 0 Å². The van der Waals surface area contributed by atoms with Gasteiger partial charge in [-0.1, -0.05) is 0 Å². The summed E-state index contributed by atoms with van der Waals surface area (Å²) in [6.07, 6.45) is 0. The van der Waals surface area contributed by atoms with Crippen molar-refractivity contribution in [2.75, 3.05) is 0 Å². The number of carbonyl (C=O) groups is 1. The molecule has 0 N–H and O–H groups in total. The second-order valence-electron chi connectivity index (χ2n) is 4.24. The molecule has 0 bridgehead atoms. The van der Waals surface area contributed by atoms with Crippen LogP contribution in [0.3, 0.4) is 0 Å². The van der Waals surface area contributed by atoms with Crippen LogP contribution in [0.4, 0.5) is 0 Å². The summed E-state index contributed by atoms with van der Waals surface area (Å²) in [6, 6.07) is 0. The molecule has 0 saturated heterocycles. The standard InChI is InChI=1S/C12H18O3/c1-7(2)10(5)14-12(6)9(4)8(3)11(13)15-12/h1-6H3. The number of allylic oxidation sites excluding steroid dienone is 2. The van der Waals surface area contributed by atoms with Crippen LogP contribution in [0.2, 0.25) is 0 Å². The van der Waals surface area contributed by atoms with E-state index >= 15 is 0 Å². The van der Waals surface area contributed by atoms with Gasteiger partial charge in [0.1, 0.15) is 0 Å². The second kappa shape index (κ2) is 3.72. The number of esters is 1. The van der Waals surface area contributed by atoms with E-state index in [4.69, 9.17) is 9.47 Å². The Labute approximate surface area is 90.8 Å². The van der Waals surface area contributed by atoms with Crippen LogP contribution in [-0.4, -0.2) is 11.8 Å². The van der Waals surface area contributed by atoms with Gasteiger partial charge in [0.2, 0.25) is 0 Å². The maximum absolute atomic E-state index is 11.4. The minimum Gasteiger partial charge on any atom is -0.453 e. The highest BCUT2D eigenvalue weighted by molar-refractivity contribution is 5.91. The van der Waals surface area contributed by atoms with Gasteiger partial charge in [-0.25, -0.2) is 4.79 Å². The van der Waals surface area contributed by atoms with Crippen LogP contribution in [-0.2, 0) is 14.3 Å². The molecule has 1 atom stereocenters. The number of cyclic esters (lactones) is 1. The van der Waals surface area contributed by atoms with E-state index in [9.17, 15) is 4.79 Å². The maximum atomic E-state index is 11.4. The Bertz CT molecular complexity index is 359. The van der Waals surface area contributed by atoms with Crippen molar-refractivity contribution in [3.05, 3.63) is 22.5 Å². The Morgan fingerprint density at radius 2 is 1.80 bits per heavy atom. The predicted molar refractivity (Wildman–Crippen MR) is 58.0 cm³/mol. The molecule has 1 heterocycles. The number of hydrogen-bond acceptors (Lipinski definition) is 3. The molecule has 0 saturated carbocycles. The van der Waals surface area contributed by atoms with Gasteiger partial charge in [-0.3, -0.25) is 0 Å². The average molecular weight is 210 g/mol. The highest BCUT2D eigenvalue weighted by Crippen LogP contribution is 2.35. The molecule has 0 aromatic heterocycles. The lowest BCUT2D eigenvalue weighted by atomic mass is 10.1. The molecule has 1 unspecified atom stereocenters. The molecular weight excluding hydrogens is 192 g/mol. The first-order valence-electron chi connectivity index (χ1n) is 5.02. The van der Waals surface area contributed by atoms with Crippen LogP contribution in [0.25, 0.3) is 0 Å². The van der Waals surface area contributed by atoms with Gasteiger partial charge in [-0.15, -0.1) is 0 Å². The summed E-state index contributed by atoms with van der Waals surface area (Å²) in [4.78, 5) is 11.4. The molecule has 3 nitrogen and oxygen atoms in total. The van der Waals surface area contributed by atoms with Gasteiger partial charge in [0.05, 0.1) is 5.76 Å². The quantitative estimate of drug-likeness (QED) is 0.519. The Morgan fingerprint density at radius 3 is 2.13 bits per heavy atom. The number of hydrogen-bond donors (Lipinski definition) is 0. The molecule has 84 valence electrons. The van der Waals surface area contributed by atoms with E-state index in [1.54, 1.807) is 13.8 Å². The number of rotatable bonds is 2. The van der Waals surface area contributed by atoms with Crippen LogP contribution < -0.4 is 0 Å². The molecule has 0 amide bonds. The third-order valence-corrected chi connectivity index (χ3v) is 2.89. The molecule has 0 aliphatic carbocycles. The van der Waals surface area contributed by atoms with Crippen molar-refractivity contribution in [1.82, 2.24) is 0 Å². The summed E-state index contributed by atoms with van der Waals surface area (Å²) in [5, 5.41) is 0. The van der Waals surface area contributed by atoms with Crippen molar-refractivity contribution in [2.24, 2.45) is 0 Å². The van der Waals surface area contributed by atoms with Crippen molar-refractivity contribution >= 4 is 5.97 Å². The zero-order chi connectivity index (χ0) is 11.8. The number of carbonyl (C=O) groups excluding carboxylic acids is 1. The zero-order valence-corrected chi connectivity index (χ0v) is 10.2. The van der Waals surface area contributed by atoms with Crippen LogP contribution in [0, 0.1) is 0 Å². The van der Waals surface area contributed by atoms with E-state index in [0.717, 1.165) is 16.9 Å². The zero-order valence-electron chi connectivity index (χ0n) is 10.2. The molecule has 0 aromatic rings. The maximum Gasteiger partial charge on any atom is 0.337 e. The lowest BCUT2D eigenvalue weighted by Gasteiger charge is -2.27. The Balaban J connectivity index is 2.98. The normalized spacial score (nSPS) is 25.3. The first-order valence-corrected chi connectivity index (χ1v) is 5.02. The second-order valence-corrected chi connectivity index (χ2v) is 4.24. The summed E-state index contributed by atoms with van der Waals surface area (Å²) >= 11 is 0. The summed E-state index contributed by atoms with van der Waals surface area (Å²) < 4.78 is 10.9. The van der Waals surface area contributed by atoms with Crippen molar-refractivity contribution < 1.29 is 14.3 Å². The van der Waals surface area contributed by atoms with E-state index in [1.165, 1.54) is 0 Å². The number of ether oxygens (including phenoxy) is 2. The fourth-order valence-corrected chi connectivity index (χ4v) is 1.32. The fraction of sp³-hybridized carbons (Fsp3) is 0.583. The van der Waals surface area contributed by atoms with E-state index in [2.05, 4.69) is 0 Å². The van der Waals surface area contributed by atoms with E-state index < -0.39 is 5.79 Å². The molecule has 0 spiro atoms. The summed E-state index contributed by atoms with van der Waals surface area (Å²) in [6.45, 7) is 11.2. The van der Waals surface area contributed by atoms with Gasteiger partial charge in [0.25, 0.3) is 5.79 Å². The van der Waals surface area contributed by atoms with Crippen molar-refractivity contribution in [2.45, 2.75) is 47.3 Å². The largest absolute Gasteiger partial charge is 0.453 e. The Kier molecular flexibility index (Phi) is 2.93. The Hall–Kier alpha value is -1.25. The molecule has 0 radical (unpaired) electrons.